The van der Waals surface area contributed by atoms with E-state index >= 15 is 0 Å². The second kappa shape index (κ2) is 9.01. The van der Waals surface area contributed by atoms with Crippen LogP contribution in [-0.4, -0.2) is 38.0 Å². The molecule has 1 aliphatic heterocycles. The van der Waals surface area contributed by atoms with Gasteiger partial charge in [-0.25, -0.2) is 4.79 Å². The Kier molecular flexibility index (Phi) is 6.74. The van der Waals surface area contributed by atoms with Gasteiger partial charge in [0.2, 0.25) is 0 Å². The van der Waals surface area contributed by atoms with Crippen LogP contribution in [-0.2, 0) is 14.3 Å². The van der Waals surface area contributed by atoms with Gasteiger partial charge in [-0.05, 0) is 36.8 Å². The number of hydrogen-bond acceptors (Lipinski definition) is 6. The summed E-state index contributed by atoms with van der Waals surface area (Å²) in [4.78, 5) is 12.5. The van der Waals surface area contributed by atoms with Crippen molar-refractivity contribution in [3.8, 4) is 11.8 Å². The van der Waals surface area contributed by atoms with Crippen molar-refractivity contribution < 1.29 is 19.0 Å². The van der Waals surface area contributed by atoms with Crippen molar-refractivity contribution in [2.24, 2.45) is 0 Å². The number of nitrogens with one attached hydrogen (secondary N) is 2. The summed E-state index contributed by atoms with van der Waals surface area (Å²) < 4.78 is 15.4. The minimum atomic E-state index is -0.438. The first kappa shape index (κ1) is 18.7. The fourth-order valence-electron chi connectivity index (χ4n) is 2.38. The van der Waals surface area contributed by atoms with Crippen molar-refractivity contribution in [1.29, 1.82) is 5.26 Å². The normalized spacial score (nSPS) is 16.5. The van der Waals surface area contributed by atoms with E-state index in [1.165, 1.54) is 0 Å². The molecule has 0 spiro atoms. The molecule has 2 rings (SSSR count). The minimum absolute atomic E-state index is 0.0227. The van der Waals surface area contributed by atoms with Crippen molar-refractivity contribution in [3.05, 3.63) is 41.1 Å². The maximum atomic E-state index is 12.5. The molecule has 0 unspecified atom stereocenters. The molecule has 1 aliphatic rings. The number of allylic oxidation sites excluding steroid dienone is 1. The third kappa shape index (κ3) is 4.92. The van der Waals surface area contributed by atoms with Crippen LogP contribution in [0.15, 0.2) is 35.5 Å². The first-order chi connectivity index (χ1) is 12.1. The lowest BCUT2D eigenvalue weighted by Gasteiger charge is -2.30. The van der Waals surface area contributed by atoms with Gasteiger partial charge < -0.3 is 24.8 Å². The van der Waals surface area contributed by atoms with Crippen LogP contribution < -0.4 is 15.4 Å². The standard InChI is InChI=1S/C17H19N3O4S/c1-11-14(16(21)24-10-9-22-2)15(20-17(25)19-11)12-3-5-13(6-4-12)23-8-7-18/h3-6,15H,8-10H2,1-2H3,(H2,19,20,25)/t15-/m0/s1. The third-order valence-electron chi connectivity index (χ3n) is 3.53. The van der Waals surface area contributed by atoms with E-state index in [0.29, 0.717) is 28.7 Å². The first-order valence-corrected chi connectivity index (χ1v) is 8.01. The second-order valence-electron chi connectivity index (χ2n) is 5.21. The molecule has 1 atom stereocenters. The average Bonchev–Trinajstić information content (AvgIpc) is 2.59. The third-order valence-corrected chi connectivity index (χ3v) is 3.75. The van der Waals surface area contributed by atoms with Crippen LogP contribution in [0.5, 0.6) is 5.75 Å². The van der Waals surface area contributed by atoms with Gasteiger partial charge in [-0.15, -0.1) is 0 Å². The summed E-state index contributed by atoms with van der Waals surface area (Å²) in [6.45, 7) is 2.25. The van der Waals surface area contributed by atoms with Crippen LogP contribution in [0, 0.1) is 11.3 Å². The Labute approximate surface area is 151 Å². The minimum Gasteiger partial charge on any atom is -0.479 e. The van der Waals surface area contributed by atoms with Crippen LogP contribution in [0.4, 0.5) is 0 Å². The highest BCUT2D eigenvalue weighted by Gasteiger charge is 2.30. The zero-order valence-corrected chi connectivity index (χ0v) is 14.8. The molecule has 0 aromatic heterocycles. The molecule has 0 saturated carbocycles. The van der Waals surface area contributed by atoms with E-state index in [2.05, 4.69) is 10.6 Å². The van der Waals surface area contributed by atoms with Crippen molar-refractivity contribution in [1.82, 2.24) is 10.6 Å². The number of nitriles is 1. The number of carbonyl (C=O) groups is 1. The summed E-state index contributed by atoms with van der Waals surface area (Å²) in [5.74, 6) is 0.138. The van der Waals surface area contributed by atoms with Gasteiger partial charge in [0.25, 0.3) is 0 Å². The lowest BCUT2D eigenvalue weighted by Crippen LogP contribution is -2.45. The van der Waals surface area contributed by atoms with Crippen LogP contribution in [0.1, 0.15) is 18.5 Å². The monoisotopic (exact) mass is 361 g/mol. The van der Waals surface area contributed by atoms with Crippen LogP contribution in [0.3, 0.4) is 0 Å². The molecule has 0 amide bonds. The number of hydrogen-bond donors (Lipinski definition) is 2. The number of esters is 1. The molecule has 8 heteroatoms. The van der Waals surface area contributed by atoms with Crippen molar-refractivity contribution in [2.75, 3.05) is 26.9 Å². The number of nitrogens with zero attached hydrogens (tertiary/aromatic N) is 1. The SMILES string of the molecule is COCCOC(=O)C1=C(C)NC(=S)N[C@H]1c1ccc(OCC#N)cc1. The molecule has 0 aliphatic carbocycles. The Morgan fingerprint density at radius 2 is 2.04 bits per heavy atom. The van der Waals surface area contributed by atoms with E-state index < -0.39 is 12.0 Å². The Morgan fingerprint density at radius 3 is 2.68 bits per heavy atom. The Bertz CT molecular complexity index is 710. The maximum Gasteiger partial charge on any atom is 0.338 e. The predicted octanol–water partition coefficient (Wildman–Crippen LogP) is 1.57. The molecule has 2 N–H and O–H groups in total. The van der Waals surface area contributed by atoms with Crippen LogP contribution in [0.25, 0.3) is 0 Å². The zero-order chi connectivity index (χ0) is 18.2. The van der Waals surface area contributed by atoms with E-state index in [1.54, 1.807) is 26.2 Å². The Morgan fingerprint density at radius 1 is 1.32 bits per heavy atom. The van der Waals surface area contributed by atoms with Gasteiger partial charge in [-0.1, -0.05) is 12.1 Å². The van der Waals surface area contributed by atoms with Gasteiger partial charge in [0.1, 0.15) is 18.4 Å². The van der Waals surface area contributed by atoms with Crippen molar-refractivity contribution >= 4 is 23.3 Å². The second-order valence-corrected chi connectivity index (χ2v) is 5.62. The fourth-order valence-corrected chi connectivity index (χ4v) is 2.65. The molecule has 1 heterocycles. The van der Waals surface area contributed by atoms with Gasteiger partial charge >= 0.3 is 5.97 Å². The highest BCUT2D eigenvalue weighted by atomic mass is 32.1. The summed E-state index contributed by atoms with van der Waals surface area (Å²) in [7, 11) is 1.54. The largest absolute Gasteiger partial charge is 0.479 e. The van der Waals surface area contributed by atoms with Crippen LogP contribution in [0.2, 0.25) is 0 Å². The summed E-state index contributed by atoms with van der Waals surface area (Å²) >= 11 is 5.20. The molecular formula is C17H19N3O4S. The number of carbonyl (C=O) groups excluding carboxylic acids is 1. The summed E-state index contributed by atoms with van der Waals surface area (Å²) in [5.41, 5.74) is 1.92. The predicted molar refractivity (Wildman–Crippen MR) is 94.7 cm³/mol. The highest BCUT2D eigenvalue weighted by Crippen LogP contribution is 2.28. The number of thiocarbonyl (C=S) groups is 1. The lowest BCUT2D eigenvalue weighted by atomic mass is 9.95. The van der Waals surface area contributed by atoms with Gasteiger partial charge in [-0.2, -0.15) is 5.26 Å². The molecule has 1 aromatic rings. The van der Waals surface area contributed by atoms with Crippen LogP contribution >= 0.6 is 12.2 Å². The van der Waals surface area contributed by atoms with Crippen molar-refractivity contribution in [2.45, 2.75) is 13.0 Å². The number of benzene rings is 1. The highest BCUT2D eigenvalue weighted by molar-refractivity contribution is 7.80. The van der Waals surface area contributed by atoms with E-state index in [4.69, 9.17) is 31.7 Å². The summed E-state index contributed by atoms with van der Waals surface area (Å²) in [6, 6.07) is 8.58. The fraction of sp³-hybridized carbons (Fsp3) is 0.353. The summed E-state index contributed by atoms with van der Waals surface area (Å²) in [6.07, 6.45) is 0. The number of ether oxygens (including phenoxy) is 3. The smallest absolute Gasteiger partial charge is 0.338 e. The molecule has 7 nitrogen and oxygen atoms in total. The maximum absolute atomic E-state index is 12.5. The molecule has 0 saturated heterocycles. The Hall–Kier alpha value is -2.63. The van der Waals surface area contributed by atoms with Gasteiger partial charge in [0.15, 0.2) is 11.7 Å². The number of rotatable bonds is 7. The zero-order valence-electron chi connectivity index (χ0n) is 14.0. The van der Waals surface area contributed by atoms with Gasteiger partial charge in [-0.3, -0.25) is 0 Å². The quantitative estimate of drug-likeness (QED) is 0.430. The topological polar surface area (TPSA) is 92.6 Å². The van der Waals surface area contributed by atoms with E-state index in [9.17, 15) is 4.79 Å². The van der Waals surface area contributed by atoms with E-state index in [-0.39, 0.29) is 13.2 Å². The first-order valence-electron chi connectivity index (χ1n) is 7.61. The molecule has 0 radical (unpaired) electrons. The summed E-state index contributed by atoms with van der Waals surface area (Å²) in [5, 5.41) is 15.0. The lowest BCUT2D eigenvalue weighted by molar-refractivity contribution is -0.140. The number of methoxy groups -OCH3 is 1. The Balaban J connectivity index is 2.23. The van der Waals surface area contributed by atoms with E-state index in [1.807, 2.05) is 18.2 Å². The molecular weight excluding hydrogens is 342 g/mol. The molecule has 0 fully saturated rings. The van der Waals surface area contributed by atoms with Gasteiger partial charge in [0, 0.05) is 12.8 Å². The molecule has 0 bridgehead atoms. The molecule has 1 aromatic carbocycles. The van der Waals surface area contributed by atoms with Crippen molar-refractivity contribution in [3.63, 3.8) is 0 Å². The molecule has 132 valence electrons. The van der Waals surface area contributed by atoms with Gasteiger partial charge in [0.05, 0.1) is 18.2 Å². The van der Waals surface area contributed by atoms with E-state index in [0.717, 1.165) is 5.56 Å². The molecule has 25 heavy (non-hydrogen) atoms. The average molecular weight is 361 g/mol.